The van der Waals surface area contributed by atoms with Gasteiger partial charge in [0.2, 0.25) is 0 Å². The Morgan fingerprint density at radius 1 is 1.10 bits per heavy atom. The molecule has 2 N–H and O–H groups in total. The third-order valence-corrected chi connectivity index (χ3v) is 10.7. The lowest BCUT2D eigenvalue weighted by Crippen LogP contribution is -2.61. The zero-order chi connectivity index (χ0) is 21.1. The summed E-state index contributed by atoms with van der Waals surface area (Å²) in [7, 11) is 0. The number of aliphatic hydroxyl groups excluding tert-OH is 1. The molecular weight excluding hydrogens is 376 g/mol. The molecule has 30 heavy (non-hydrogen) atoms. The molecule has 5 rings (SSSR count). The van der Waals surface area contributed by atoms with Crippen LogP contribution in [0.25, 0.3) is 0 Å². The van der Waals surface area contributed by atoms with E-state index in [2.05, 4.69) is 23.9 Å². The number of carbonyl (C=O) groups is 1. The van der Waals surface area contributed by atoms with E-state index in [0.29, 0.717) is 41.4 Å². The number of fused-ring (bicyclic) bond motifs is 5. The van der Waals surface area contributed by atoms with Crippen LogP contribution in [0.3, 0.4) is 0 Å². The second-order valence-corrected chi connectivity index (χ2v) is 11.6. The van der Waals surface area contributed by atoms with Crippen molar-refractivity contribution in [2.75, 3.05) is 19.7 Å². The van der Waals surface area contributed by atoms with Crippen LogP contribution >= 0.6 is 0 Å². The van der Waals surface area contributed by atoms with Gasteiger partial charge < -0.3 is 10.3 Å². The van der Waals surface area contributed by atoms with Crippen molar-refractivity contribution in [2.24, 2.45) is 45.6 Å². The van der Waals surface area contributed by atoms with Crippen molar-refractivity contribution in [2.45, 2.75) is 84.1 Å². The molecule has 0 aromatic carbocycles. The van der Waals surface area contributed by atoms with E-state index >= 15 is 0 Å². The van der Waals surface area contributed by atoms with Gasteiger partial charge in [0.1, 0.15) is 5.78 Å². The Balaban J connectivity index is 1.51. The maximum atomic E-state index is 12.8. The van der Waals surface area contributed by atoms with E-state index in [-0.39, 0.29) is 17.4 Å². The highest BCUT2D eigenvalue weighted by Crippen LogP contribution is 2.66. The number of ketones is 1. The molecule has 5 heteroatoms. The first kappa shape index (κ1) is 20.9. The first-order chi connectivity index (χ1) is 14.4. The van der Waals surface area contributed by atoms with Gasteiger partial charge in [-0.05, 0) is 94.0 Å². The highest BCUT2D eigenvalue weighted by atomic mass is 16.4. The summed E-state index contributed by atoms with van der Waals surface area (Å²) in [6, 6.07) is 0.483. The zero-order valence-corrected chi connectivity index (χ0v) is 18.9. The molecule has 0 radical (unpaired) electrons. The summed E-state index contributed by atoms with van der Waals surface area (Å²) in [6.45, 7) is 7.19. The van der Waals surface area contributed by atoms with E-state index in [1.54, 1.807) is 0 Å². The number of carbonyl (C=O) groups excluding carboxylic acids is 1. The fourth-order valence-corrected chi connectivity index (χ4v) is 9.11. The maximum absolute atomic E-state index is 12.8. The number of Topliss-reactive ketones (excluding diaryl/α,β-unsaturated/α-hetero) is 1. The lowest BCUT2D eigenvalue weighted by molar-refractivity contribution is -0.137. The molecule has 1 heterocycles. The van der Waals surface area contributed by atoms with Gasteiger partial charge in [-0.2, -0.15) is 0 Å². The van der Waals surface area contributed by atoms with Gasteiger partial charge in [0.25, 0.3) is 0 Å². The van der Waals surface area contributed by atoms with Gasteiger partial charge in [0.15, 0.2) is 0 Å². The molecule has 168 valence electrons. The third-order valence-electron chi connectivity index (χ3n) is 10.7. The van der Waals surface area contributed by atoms with Gasteiger partial charge in [-0.1, -0.05) is 19.0 Å². The Hall–Kier alpha value is -0.940. The van der Waals surface area contributed by atoms with Crippen LogP contribution < -0.4 is 0 Å². The standard InChI is InChI=1S/C25H40N2O3/c1-24-9-7-20-18(19(24)5-6-23(24)29)13-16(8-12-28)21-14-17(27-10-3-4-11-27)15-22(26-30)25(20,21)2/h16-21,28,30H,3-15H2,1-2H3/b26-22-/t16?,17?,18-,19-,20+,21?,24-,25+/m0/s1. The average molecular weight is 417 g/mol. The summed E-state index contributed by atoms with van der Waals surface area (Å²) in [4.78, 5) is 15.4. The molecule has 1 saturated heterocycles. The molecule has 0 amide bonds. The molecule has 8 atom stereocenters. The fraction of sp³-hybridized carbons (Fsp3) is 0.920. The maximum Gasteiger partial charge on any atom is 0.139 e. The fourth-order valence-electron chi connectivity index (χ4n) is 9.11. The van der Waals surface area contributed by atoms with Crippen LogP contribution in [0.2, 0.25) is 0 Å². The SMILES string of the molecule is C[C@]12/C(=N\O)CC(N3CCCC3)CC1C(CCO)C[C@@H]1[C@H]2CC[C@]2(C)C(=O)CC[C@@H]12. The van der Waals surface area contributed by atoms with E-state index in [1.165, 1.54) is 32.4 Å². The Morgan fingerprint density at radius 2 is 1.87 bits per heavy atom. The van der Waals surface area contributed by atoms with E-state index in [4.69, 9.17) is 0 Å². The van der Waals surface area contributed by atoms with Crippen molar-refractivity contribution in [3.8, 4) is 0 Å². The molecule has 0 aromatic rings. The van der Waals surface area contributed by atoms with E-state index in [0.717, 1.165) is 50.7 Å². The smallest absolute Gasteiger partial charge is 0.139 e. The van der Waals surface area contributed by atoms with E-state index in [9.17, 15) is 15.1 Å². The molecule has 3 unspecified atom stereocenters. The van der Waals surface area contributed by atoms with Gasteiger partial charge >= 0.3 is 0 Å². The molecule has 0 bridgehead atoms. The van der Waals surface area contributed by atoms with Crippen molar-refractivity contribution in [1.29, 1.82) is 0 Å². The normalized spacial score (nSPS) is 50.4. The number of hydrogen-bond donors (Lipinski definition) is 2. The van der Waals surface area contributed by atoms with Crippen molar-refractivity contribution in [1.82, 2.24) is 4.90 Å². The molecular formula is C25H40N2O3. The summed E-state index contributed by atoms with van der Waals surface area (Å²) in [5, 5.41) is 24.1. The topological polar surface area (TPSA) is 73.1 Å². The second-order valence-electron chi connectivity index (χ2n) is 11.6. The Bertz CT molecular complexity index is 717. The minimum absolute atomic E-state index is 0.0965. The van der Waals surface area contributed by atoms with E-state index in [1.807, 2.05) is 0 Å². The Morgan fingerprint density at radius 3 is 2.57 bits per heavy atom. The average Bonchev–Trinajstić information content (AvgIpc) is 3.36. The lowest BCUT2D eigenvalue weighted by atomic mass is 9.42. The number of aliphatic hydroxyl groups is 1. The minimum atomic E-state index is -0.141. The van der Waals surface area contributed by atoms with Crippen LogP contribution in [0, 0.1) is 40.4 Å². The van der Waals surface area contributed by atoms with Crippen LogP contribution in [0.4, 0.5) is 0 Å². The van der Waals surface area contributed by atoms with Crippen LogP contribution in [-0.2, 0) is 4.79 Å². The number of likely N-dealkylation sites (tertiary alicyclic amines) is 1. The minimum Gasteiger partial charge on any atom is -0.411 e. The second kappa shape index (κ2) is 7.58. The molecule has 0 aromatic heterocycles. The number of nitrogens with zero attached hydrogens (tertiary/aromatic N) is 2. The van der Waals surface area contributed by atoms with Gasteiger partial charge in [0.05, 0.1) is 5.71 Å². The first-order valence-corrected chi connectivity index (χ1v) is 12.5. The predicted molar refractivity (Wildman–Crippen MR) is 117 cm³/mol. The van der Waals surface area contributed by atoms with Crippen molar-refractivity contribution in [3.63, 3.8) is 0 Å². The quantitative estimate of drug-likeness (QED) is 0.536. The summed E-state index contributed by atoms with van der Waals surface area (Å²) < 4.78 is 0. The number of rotatable bonds is 3. The van der Waals surface area contributed by atoms with Crippen LogP contribution in [0.5, 0.6) is 0 Å². The molecule has 4 aliphatic carbocycles. The van der Waals surface area contributed by atoms with Crippen LogP contribution in [-0.4, -0.2) is 52.4 Å². The highest BCUT2D eigenvalue weighted by molar-refractivity contribution is 5.92. The summed E-state index contributed by atoms with van der Waals surface area (Å²) in [6.07, 6.45) is 10.5. The monoisotopic (exact) mass is 416 g/mol. The number of oxime groups is 1. The van der Waals surface area contributed by atoms with E-state index < -0.39 is 0 Å². The molecule has 4 saturated carbocycles. The first-order valence-electron chi connectivity index (χ1n) is 12.5. The predicted octanol–water partition coefficient (Wildman–Crippen LogP) is 4.11. The largest absolute Gasteiger partial charge is 0.411 e. The lowest BCUT2D eigenvalue weighted by Gasteiger charge is -2.62. The van der Waals surface area contributed by atoms with Crippen LogP contribution in [0.15, 0.2) is 5.16 Å². The van der Waals surface area contributed by atoms with Crippen molar-refractivity contribution < 1.29 is 15.1 Å². The molecule has 0 spiro atoms. The highest BCUT2D eigenvalue weighted by Gasteiger charge is 2.64. The van der Waals surface area contributed by atoms with Gasteiger partial charge in [0, 0.05) is 36.3 Å². The summed E-state index contributed by atoms with van der Waals surface area (Å²) >= 11 is 0. The molecule has 5 fully saturated rings. The Kier molecular flexibility index (Phi) is 5.29. The molecule has 5 nitrogen and oxygen atoms in total. The van der Waals surface area contributed by atoms with Crippen LogP contribution in [0.1, 0.15) is 78.1 Å². The van der Waals surface area contributed by atoms with Crippen molar-refractivity contribution >= 4 is 11.5 Å². The number of hydrogen-bond acceptors (Lipinski definition) is 5. The summed E-state index contributed by atoms with van der Waals surface area (Å²) in [5.41, 5.74) is 0.777. The van der Waals surface area contributed by atoms with Gasteiger partial charge in [-0.3, -0.25) is 9.69 Å². The molecule has 1 aliphatic heterocycles. The van der Waals surface area contributed by atoms with Crippen molar-refractivity contribution in [3.05, 3.63) is 0 Å². The third kappa shape index (κ3) is 2.87. The molecule has 5 aliphatic rings. The van der Waals surface area contributed by atoms with Gasteiger partial charge in [-0.25, -0.2) is 0 Å². The Labute approximate surface area is 181 Å². The zero-order valence-electron chi connectivity index (χ0n) is 18.9. The van der Waals surface area contributed by atoms with Gasteiger partial charge in [-0.15, -0.1) is 0 Å². The summed E-state index contributed by atoms with van der Waals surface area (Å²) in [5.74, 6) is 2.91.